The molecule has 0 bridgehead atoms. The van der Waals surface area contributed by atoms with Gasteiger partial charge in [-0.05, 0) is 44.7 Å². The molecule has 3 heteroatoms. The Bertz CT molecular complexity index is 392. The quantitative estimate of drug-likeness (QED) is 0.774. The van der Waals surface area contributed by atoms with E-state index in [1.807, 2.05) is 19.1 Å². The van der Waals surface area contributed by atoms with Gasteiger partial charge in [-0.3, -0.25) is 0 Å². The first-order valence-electron chi connectivity index (χ1n) is 7.37. The number of benzene rings is 1. The van der Waals surface area contributed by atoms with E-state index in [2.05, 4.69) is 12.2 Å². The molecule has 0 heterocycles. The molecular weight excluding hydrogens is 241 g/mol. The van der Waals surface area contributed by atoms with Crippen molar-refractivity contribution in [1.29, 1.82) is 0 Å². The minimum atomic E-state index is -0.138. The van der Waals surface area contributed by atoms with Crippen LogP contribution in [0.3, 0.4) is 0 Å². The van der Waals surface area contributed by atoms with Crippen molar-refractivity contribution in [3.8, 4) is 0 Å². The SMILES string of the molecule is CCCNC(c1ccccc1F)C(OCC)C1CC1. The van der Waals surface area contributed by atoms with Crippen LogP contribution < -0.4 is 5.32 Å². The maximum Gasteiger partial charge on any atom is 0.128 e. The van der Waals surface area contributed by atoms with Crippen LogP contribution in [0.4, 0.5) is 4.39 Å². The first kappa shape index (κ1) is 14.5. The predicted octanol–water partition coefficient (Wildman–Crippen LogP) is 3.68. The molecule has 0 aliphatic heterocycles. The Labute approximate surface area is 115 Å². The predicted molar refractivity (Wildman–Crippen MR) is 75.6 cm³/mol. The second-order valence-electron chi connectivity index (χ2n) is 5.21. The van der Waals surface area contributed by atoms with E-state index in [9.17, 15) is 4.39 Å². The maximum absolute atomic E-state index is 14.1. The molecular formula is C16H24FNO. The van der Waals surface area contributed by atoms with Gasteiger partial charge in [0, 0.05) is 12.2 Å². The summed E-state index contributed by atoms with van der Waals surface area (Å²) in [4.78, 5) is 0. The normalized spacial score (nSPS) is 18.3. The summed E-state index contributed by atoms with van der Waals surface area (Å²) in [5.74, 6) is 0.440. The van der Waals surface area contributed by atoms with Gasteiger partial charge in [-0.2, -0.15) is 0 Å². The van der Waals surface area contributed by atoms with Gasteiger partial charge in [0.1, 0.15) is 5.82 Å². The molecule has 0 radical (unpaired) electrons. The average Bonchev–Trinajstić information content (AvgIpc) is 3.24. The van der Waals surface area contributed by atoms with Crippen LogP contribution in [0.1, 0.15) is 44.7 Å². The molecule has 1 aliphatic rings. The molecule has 2 atom stereocenters. The average molecular weight is 265 g/mol. The largest absolute Gasteiger partial charge is 0.376 e. The topological polar surface area (TPSA) is 21.3 Å². The molecule has 1 saturated carbocycles. The van der Waals surface area contributed by atoms with E-state index in [1.165, 1.54) is 18.9 Å². The van der Waals surface area contributed by atoms with Crippen LogP contribution in [0.2, 0.25) is 0 Å². The van der Waals surface area contributed by atoms with Crippen molar-refractivity contribution >= 4 is 0 Å². The standard InChI is InChI=1S/C16H24FNO/c1-3-11-18-15(13-7-5-6-8-14(13)17)16(19-4-2)12-9-10-12/h5-8,12,15-16,18H,3-4,9-11H2,1-2H3. The van der Waals surface area contributed by atoms with Gasteiger partial charge in [0.25, 0.3) is 0 Å². The van der Waals surface area contributed by atoms with E-state index in [4.69, 9.17) is 4.74 Å². The zero-order valence-corrected chi connectivity index (χ0v) is 11.9. The lowest BCUT2D eigenvalue weighted by Gasteiger charge is -2.29. The molecule has 2 unspecified atom stereocenters. The molecule has 106 valence electrons. The van der Waals surface area contributed by atoms with Gasteiger partial charge in [-0.1, -0.05) is 25.1 Å². The highest BCUT2D eigenvalue weighted by molar-refractivity contribution is 5.23. The smallest absolute Gasteiger partial charge is 0.128 e. The second kappa shape index (κ2) is 7.01. The highest BCUT2D eigenvalue weighted by atomic mass is 19.1. The zero-order valence-electron chi connectivity index (χ0n) is 11.9. The van der Waals surface area contributed by atoms with Gasteiger partial charge in [-0.25, -0.2) is 4.39 Å². The number of nitrogens with one attached hydrogen (secondary N) is 1. The van der Waals surface area contributed by atoms with E-state index in [-0.39, 0.29) is 18.0 Å². The van der Waals surface area contributed by atoms with Crippen molar-refractivity contribution in [3.05, 3.63) is 35.6 Å². The molecule has 2 rings (SSSR count). The molecule has 2 nitrogen and oxygen atoms in total. The van der Waals surface area contributed by atoms with Crippen LogP contribution in [0.15, 0.2) is 24.3 Å². The summed E-state index contributed by atoms with van der Waals surface area (Å²) >= 11 is 0. The number of hydrogen-bond donors (Lipinski definition) is 1. The lowest BCUT2D eigenvalue weighted by atomic mass is 9.97. The monoisotopic (exact) mass is 265 g/mol. The highest BCUT2D eigenvalue weighted by Crippen LogP contribution is 2.40. The molecule has 1 aromatic rings. The number of halogens is 1. The maximum atomic E-state index is 14.1. The fourth-order valence-corrected chi connectivity index (χ4v) is 2.55. The van der Waals surface area contributed by atoms with Gasteiger partial charge in [0.15, 0.2) is 0 Å². The minimum absolute atomic E-state index is 0.0337. The molecule has 0 spiro atoms. The molecule has 1 N–H and O–H groups in total. The first-order valence-corrected chi connectivity index (χ1v) is 7.37. The summed E-state index contributed by atoms with van der Waals surface area (Å²) in [6.45, 7) is 5.70. The molecule has 0 aromatic heterocycles. The summed E-state index contributed by atoms with van der Waals surface area (Å²) in [6, 6.07) is 7.01. The van der Waals surface area contributed by atoms with E-state index >= 15 is 0 Å². The lowest BCUT2D eigenvalue weighted by Crippen LogP contribution is -2.36. The third kappa shape index (κ3) is 3.77. The Morgan fingerprint density at radius 1 is 1.32 bits per heavy atom. The van der Waals surface area contributed by atoms with Crippen molar-refractivity contribution in [1.82, 2.24) is 5.32 Å². The lowest BCUT2D eigenvalue weighted by molar-refractivity contribution is 0.0177. The first-order chi connectivity index (χ1) is 9.27. The molecule has 0 amide bonds. The van der Waals surface area contributed by atoms with E-state index < -0.39 is 0 Å². The fraction of sp³-hybridized carbons (Fsp3) is 0.625. The van der Waals surface area contributed by atoms with Crippen molar-refractivity contribution in [2.75, 3.05) is 13.2 Å². The summed E-state index contributed by atoms with van der Waals surface area (Å²) in [5, 5.41) is 3.47. The Balaban J connectivity index is 2.20. The van der Waals surface area contributed by atoms with Crippen LogP contribution in [0, 0.1) is 11.7 Å². The van der Waals surface area contributed by atoms with Crippen LogP contribution in [0.25, 0.3) is 0 Å². The molecule has 0 saturated heterocycles. The van der Waals surface area contributed by atoms with Crippen LogP contribution in [0.5, 0.6) is 0 Å². The minimum Gasteiger partial charge on any atom is -0.376 e. The van der Waals surface area contributed by atoms with Crippen LogP contribution in [-0.4, -0.2) is 19.3 Å². The van der Waals surface area contributed by atoms with Gasteiger partial charge < -0.3 is 10.1 Å². The summed E-state index contributed by atoms with van der Waals surface area (Å²) in [6.07, 6.45) is 3.52. The van der Waals surface area contributed by atoms with E-state index in [0.29, 0.717) is 12.5 Å². The van der Waals surface area contributed by atoms with Crippen molar-refractivity contribution in [2.24, 2.45) is 5.92 Å². The third-order valence-electron chi connectivity index (χ3n) is 3.63. The van der Waals surface area contributed by atoms with Gasteiger partial charge in [0.05, 0.1) is 12.1 Å². The van der Waals surface area contributed by atoms with Gasteiger partial charge >= 0.3 is 0 Å². The molecule has 1 aromatic carbocycles. The molecule has 1 aliphatic carbocycles. The third-order valence-corrected chi connectivity index (χ3v) is 3.63. The highest BCUT2D eigenvalue weighted by Gasteiger charge is 2.38. The second-order valence-corrected chi connectivity index (χ2v) is 5.21. The van der Waals surface area contributed by atoms with Crippen LogP contribution in [-0.2, 0) is 4.74 Å². The van der Waals surface area contributed by atoms with E-state index in [1.54, 1.807) is 6.07 Å². The summed E-state index contributed by atoms with van der Waals surface area (Å²) in [7, 11) is 0. The number of ether oxygens (including phenoxy) is 1. The molecule has 19 heavy (non-hydrogen) atoms. The summed E-state index contributed by atoms with van der Waals surface area (Å²) in [5.41, 5.74) is 0.737. The number of hydrogen-bond acceptors (Lipinski definition) is 2. The Hall–Kier alpha value is -0.930. The van der Waals surface area contributed by atoms with Crippen molar-refractivity contribution in [2.45, 2.75) is 45.3 Å². The zero-order chi connectivity index (χ0) is 13.7. The van der Waals surface area contributed by atoms with Crippen molar-refractivity contribution < 1.29 is 9.13 Å². The van der Waals surface area contributed by atoms with Crippen LogP contribution >= 0.6 is 0 Å². The van der Waals surface area contributed by atoms with Crippen molar-refractivity contribution in [3.63, 3.8) is 0 Å². The Morgan fingerprint density at radius 2 is 2.05 bits per heavy atom. The van der Waals surface area contributed by atoms with E-state index in [0.717, 1.165) is 18.5 Å². The summed E-state index contributed by atoms with van der Waals surface area (Å²) < 4.78 is 20.0. The van der Waals surface area contributed by atoms with Gasteiger partial charge in [-0.15, -0.1) is 0 Å². The Kier molecular flexibility index (Phi) is 5.34. The fourth-order valence-electron chi connectivity index (χ4n) is 2.55. The number of rotatable bonds is 8. The van der Waals surface area contributed by atoms with Gasteiger partial charge in [0.2, 0.25) is 0 Å². The molecule has 1 fully saturated rings. The Morgan fingerprint density at radius 3 is 2.63 bits per heavy atom.